The molecular weight excluding hydrogens is 254 g/mol. The molecule has 3 heteroatoms. The molecule has 1 aromatic carbocycles. The minimum absolute atomic E-state index is 0.269. The van der Waals surface area contributed by atoms with Gasteiger partial charge in [0.2, 0.25) is 0 Å². The Bertz CT molecular complexity index is 443. The topological polar surface area (TPSA) is 29.1 Å². The van der Waals surface area contributed by atoms with Crippen molar-refractivity contribution in [2.75, 3.05) is 12.0 Å². The highest BCUT2D eigenvalue weighted by atomic mass is 32.2. The lowest BCUT2D eigenvalue weighted by atomic mass is 9.56. The molecule has 0 spiro atoms. The highest BCUT2D eigenvalue weighted by molar-refractivity contribution is 7.84. The molecule has 0 aromatic heterocycles. The Kier molecular flexibility index (Phi) is 4.46. The lowest BCUT2D eigenvalue weighted by molar-refractivity contribution is 0.0634. The van der Waals surface area contributed by atoms with E-state index < -0.39 is 10.8 Å². The fraction of sp³-hybridized carbons (Fsp3) is 0.625. The van der Waals surface area contributed by atoms with Crippen molar-refractivity contribution in [3.63, 3.8) is 0 Å². The Morgan fingerprint density at radius 3 is 2.53 bits per heavy atom. The second-order valence-corrected chi connectivity index (χ2v) is 7.86. The molecule has 1 aliphatic rings. The molecule has 0 radical (unpaired) electrons. The van der Waals surface area contributed by atoms with Crippen molar-refractivity contribution in [2.45, 2.75) is 45.2 Å². The Morgan fingerprint density at radius 2 is 2.00 bits per heavy atom. The highest BCUT2D eigenvalue weighted by Gasteiger charge is 2.48. The summed E-state index contributed by atoms with van der Waals surface area (Å²) >= 11 is 0. The van der Waals surface area contributed by atoms with E-state index in [1.165, 1.54) is 12.0 Å². The number of nitrogens with one attached hydrogen (secondary N) is 1. The minimum Gasteiger partial charge on any atom is -0.310 e. The van der Waals surface area contributed by atoms with E-state index in [1.54, 1.807) is 6.26 Å². The van der Waals surface area contributed by atoms with E-state index in [1.807, 2.05) is 0 Å². The molecule has 0 amide bonds. The summed E-state index contributed by atoms with van der Waals surface area (Å²) < 4.78 is 11.3. The summed E-state index contributed by atoms with van der Waals surface area (Å²) in [5.74, 6) is 1.37. The van der Waals surface area contributed by atoms with E-state index in [-0.39, 0.29) is 5.41 Å². The Balaban J connectivity index is 1.96. The fourth-order valence-electron chi connectivity index (χ4n) is 3.20. The predicted octanol–water partition coefficient (Wildman–Crippen LogP) is 2.93. The van der Waals surface area contributed by atoms with Crippen LogP contribution < -0.4 is 5.32 Å². The van der Waals surface area contributed by atoms with Crippen LogP contribution in [0.2, 0.25) is 0 Å². The lowest BCUT2D eigenvalue weighted by Crippen LogP contribution is -2.58. The maximum absolute atomic E-state index is 11.3. The summed E-state index contributed by atoms with van der Waals surface area (Å²) in [6, 6.07) is 11.6. The maximum Gasteiger partial charge on any atom is 0.0383 e. The van der Waals surface area contributed by atoms with Crippen molar-refractivity contribution < 1.29 is 4.21 Å². The van der Waals surface area contributed by atoms with E-state index in [0.717, 1.165) is 5.75 Å². The SMILES string of the molecule is C[C@H](C[S@](C)=O)N[C@H]1C[C@@H](c2ccccc2)C1(C)C. The third-order valence-electron chi connectivity index (χ3n) is 4.44. The van der Waals surface area contributed by atoms with Gasteiger partial charge in [-0.05, 0) is 30.2 Å². The molecule has 0 saturated heterocycles. The van der Waals surface area contributed by atoms with Crippen molar-refractivity contribution in [3.8, 4) is 0 Å². The Labute approximate surface area is 119 Å². The zero-order valence-electron chi connectivity index (χ0n) is 12.3. The summed E-state index contributed by atoms with van der Waals surface area (Å²) in [6.45, 7) is 6.80. The number of hydrogen-bond donors (Lipinski definition) is 1. The van der Waals surface area contributed by atoms with Crippen LogP contribution in [0.5, 0.6) is 0 Å². The molecule has 1 aliphatic carbocycles. The number of rotatable bonds is 5. The van der Waals surface area contributed by atoms with Gasteiger partial charge in [-0.3, -0.25) is 4.21 Å². The van der Waals surface area contributed by atoms with Gasteiger partial charge in [0.1, 0.15) is 0 Å². The van der Waals surface area contributed by atoms with Gasteiger partial charge in [0.05, 0.1) is 0 Å². The summed E-state index contributed by atoms with van der Waals surface area (Å²) in [6.07, 6.45) is 2.95. The monoisotopic (exact) mass is 279 g/mol. The van der Waals surface area contributed by atoms with Crippen molar-refractivity contribution in [2.24, 2.45) is 5.41 Å². The molecule has 0 bridgehead atoms. The van der Waals surface area contributed by atoms with Crippen molar-refractivity contribution in [1.82, 2.24) is 5.32 Å². The minimum atomic E-state index is -0.722. The van der Waals surface area contributed by atoms with Gasteiger partial charge in [-0.15, -0.1) is 0 Å². The summed E-state index contributed by atoms with van der Waals surface area (Å²) in [7, 11) is -0.722. The lowest BCUT2D eigenvalue weighted by Gasteiger charge is -2.53. The highest BCUT2D eigenvalue weighted by Crippen LogP contribution is 2.52. The normalized spacial score (nSPS) is 28.4. The molecule has 0 aliphatic heterocycles. The molecule has 0 heterocycles. The average molecular weight is 279 g/mol. The van der Waals surface area contributed by atoms with Gasteiger partial charge < -0.3 is 5.32 Å². The zero-order chi connectivity index (χ0) is 14.0. The quantitative estimate of drug-likeness (QED) is 0.898. The van der Waals surface area contributed by atoms with Crippen LogP contribution in [-0.4, -0.2) is 28.3 Å². The molecule has 19 heavy (non-hydrogen) atoms. The molecule has 2 nitrogen and oxygen atoms in total. The van der Waals surface area contributed by atoms with Crippen molar-refractivity contribution in [3.05, 3.63) is 35.9 Å². The maximum atomic E-state index is 11.3. The molecule has 4 atom stereocenters. The molecule has 1 saturated carbocycles. The van der Waals surface area contributed by atoms with E-state index in [4.69, 9.17) is 0 Å². The summed E-state index contributed by atoms with van der Waals surface area (Å²) in [5, 5.41) is 3.64. The number of hydrogen-bond acceptors (Lipinski definition) is 2. The first-order valence-electron chi connectivity index (χ1n) is 7.02. The van der Waals surface area contributed by atoms with Gasteiger partial charge in [-0.1, -0.05) is 44.2 Å². The summed E-state index contributed by atoms with van der Waals surface area (Å²) in [4.78, 5) is 0. The second-order valence-electron chi connectivity index (χ2n) is 6.38. The third kappa shape index (κ3) is 3.26. The first kappa shape index (κ1) is 14.7. The van der Waals surface area contributed by atoms with Crippen molar-refractivity contribution >= 4 is 10.8 Å². The van der Waals surface area contributed by atoms with Crippen LogP contribution in [0.15, 0.2) is 30.3 Å². The molecule has 1 aromatic rings. The number of benzene rings is 1. The van der Waals surface area contributed by atoms with Gasteiger partial charge in [-0.25, -0.2) is 0 Å². The molecule has 2 rings (SSSR count). The van der Waals surface area contributed by atoms with Gasteiger partial charge >= 0.3 is 0 Å². The Morgan fingerprint density at radius 1 is 1.37 bits per heavy atom. The van der Waals surface area contributed by atoms with Crippen LogP contribution in [0.4, 0.5) is 0 Å². The van der Waals surface area contributed by atoms with Crippen LogP contribution >= 0.6 is 0 Å². The molecule has 0 unspecified atom stereocenters. The van der Waals surface area contributed by atoms with Crippen LogP contribution in [0.1, 0.15) is 38.7 Å². The van der Waals surface area contributed by atoms with E-state index in [2.05, 4.69) is 56.4 Å². The summed E-state index contributed by atoms with van der Waals surface area (Å²) in [5.41, 5.74) is 1.71. The van der Waals surface area contributed by atoms with Gasteiger partial charge in [0.15, 0.2) is 0 Å². The first-order valence-corrected chi connectivity index (χ1v) is 8.75. The van der Waals surface area contributed by atoms with Crippen LogP contribution in [0.3, 0.4) is 0 Å². The standard InChI is InChI=1S/C16H25NOS/c1-12(11-19(4)18)17-15-10-14(16(15,2)3)13-8-6-5-7-9-13/h5-9,12,14-15,17H,10-11H2,1-4H3/t12-,14+,15+,19+/m1/s1. The average Bonchev–Trinajstić information content (AvgIpc) is 2.34. The second kappa shape index (κ2) is 5.76. The predicted molar refractivity (Wildman–Crippen MR) is 82.9 cm³/mol. The fourth-order valence-corrected chi connectivity index (χ4v) is 4.00. The molecular formula is C16H25NOS. The van der Waals surface area contributed by atoms with Crippen LogP contribution in [-0.2, 0) is 10.8 Å². The van der Waals surface area contributed by atoms with E-state index in [9.17, 15) is 4.21 Å². The Hall–Kier alpha value is -0.670. The molecule has 1 fully saturated rings. The zero-order valence-corrected chi connectivity index (χ0v) is 13.2. The van der Waals surface area contributed by atoms with Gasteiger partial charge in [-0.2, -0.15) is 0 Å². The van der Waals surface area contributed by atoms with E-state index in [0.29, 0.717) is 18.0 Å². The smallest absolute Gasteiger partial charge is 0.0383 e. The van der Waals surface area contributed by atoms with Gasteiger partial charge in [0.25, 0.3) is 0 Å². The molecule has 1 N–H and O–H groups in total. The molecule has 106 valence electrons. The largest absolute Gasteiger partial charge is 0.310 e. The third-order valence-corrected chi connectivity index (χ3v) is 5.41. The van der Waals surface area contributed by atoms with Crippen molar-refractivity contribution in [1.29, 1.82) is 0 Å². The van der Waals surface area contributed by atoms with Crippen LogP contribution in [0.25, 0.3) is 0 Å². The first-order chi connectivity index (χ1) is 8.91. The van der Waals surface area contributed by atoms with Gasteiger partial charge in [0, 0.05) is 34.9 Å². The van der Waals surface area contributed by atoms with E-state index >= 15 is 0 Å². The van der Waals surface area contributed by atoms with Crippen LogP contribution in [0, 0.1) is 5.41 Å².